The summed E-state index contributed by atoms with van der Waals surface area (Å²) < 4.78 is 7.54. The molecule has 6 nitrogen and oxygen atoms in total. The van der Waals surface area contributed by atoms with Crippen molar-refractivity contribution >= 4 is 6.08 Å². The molecule has 1 aliphatic rings. The van der Waals surface area contributed by atoms with Gasteiger partial charge in [0.2, 0.25) is 0 Å². The van der Waals surface area contributed by atoms with Crippen molar-refractivity contribution in [2.24, 2.45) is 0 Å². The summed E-state index contributed by atoms with van der Waals surface area (Å²) in [4.78, 5) is 11.7. The van der Waals surface area contributed by atoms with Crippen LogP contribution in [0.25, 0.3) is 6.08 Å². The lowest BCUT2D eigenvalue weighted by atomic mass is 9.91. The quantitative estimate of drug-likeness (QED) is 0.772. The Morgan fingerprint density at radius 2 is 2.30 bits per heavy atom. The van der Waals surface area contributed by atoms with Crippen molar-refractivity contribution in [2.75, 3.05) is 13.7 Å². The van der Waals surface area contributed by atoms with Gasteiger partial charge < -0.3 is 14.4 Å². The zero-order valence-corrected chi connectivity index (χ0v) is 16.6. The van der Waals surface area contributed by atoms with Crippen molar-refractivity contribution in [3.05, 3.63) is 52.9 Å². The van der Waals surface area contributed by atoms with Crippen LogP contribution in [-0.4, -0.2) is 38.2 Å². The molecule has 0 spiro atoms. The molecule has 0 radical (unpaired) electrons. The fourth-order valence-corrected chi connectivity index (χ4v) is 3.82. The second-order valence-electron chi connectivity index (χ2n) is 6.94. The Labute approximate surface area is 161 Å². The van der Waals surface area contributed by atoms with Crippen LogP contribution in [0.5, 0.6) is 0 Å². The molecule has 2 heterocycles. The molecule has 27 heavy (non-hydrogen) atoms. The van der Waals surface area contributed by atoms with Crippen molar-refractivity contribution in [1.82, 2.24) is 19.4 Å². The Bertz CT molecular complexity index is 784. The van der Waals surface area contributed by atoms with Crippen LogP contribution >= 0.6 is 0 Å². The van der Waals surface area contributed by atoms with Crippen LogP contribution in [-0.2, 0) is 31.0 Å². The van der Waals surface area contributed by atoms with E-state index >= 15 is 0 Å². The first-order chi connectivity index (χ1) is 13.2. The first-order valence-electron chi connectivity index (χ1n) is 9.73. The Morgan fingerprint density at radius 3 is 3.04 bits per heavy atom. The molecule has 1 N–H and O–H groups in total. The Balaban J connectivity index is 1.87. The second kappa shape index (κ2) is 9.26. The van der Waals surface area contributed by atoms with Crippen LogP contribution < -0.4 is 0 Å². The minimum Gasteiger partial charge on any atom is -0.390 e. The molecule has 0 aliphatic heterocycles. The molecule has 3 rings (SSSR count). The maximum atomic E-state index is 9.99. The number of hydrogen-bond acceptors (Lipinski definition) is 5. The molecule has 2 aromatic rings. The van der Waals surface area contributed by atoms with E-state index in [0.29, 0.717) is 19.9 Å². The number of hydrogen-bond donors (Lipinski definition) is 1. The van der Waals surface area contributed by atoms with Crippen molar-refractivity contribution < 1.29 is 9.84 Å². The molecule has 0 saturated carbocycles. The van der Waals surface area contributed by atoms with Gasteiger partial charge in [0.1, 0.15) is 12.6 Å². The van der Waals surface area contributed by atoms with Crippen LogP contribution in [0.1, 0.15) is 61.2 Å². The van der Waals surface area contributed by atoms with Crippen molar-refractivity contribution in [2.45, 2.75) is 59.0 Å². The number of allylic oxidation sites excluding steroid dienone is 1. The normalized spacial score (nSPS) is 17.0. The summed E-state index contributed by atoms with van der Waals surface area (Å²) >= 11 is 0. The van der Waals surface area contributed by atoms with Gasteiger partial charge in [0.25, 0.3) is 0 Å². The van der Waals surface area contributed by atoms with Gasteiger partial charge in [-0.3, -0.25) is 9.88 Å². The number of nitrogens with zero attached hydrogens (tertiary/aromatic N) is 4. The third kappa shape index (κ3) is 4.29. The monoisotopic (exact) mass is 370 g/mol. The maximum Gasteiger partial charge on any atom is 0.134 e. The standard InChI is InChI=1S/C21H30N4O2/c1-4-8-20-23-17(19(14-26)25(20)15-27-5-2)13-24(3)18-11-6-9-16-10-7-12-22-21(16)18/h4,7-8,10,12,18,26H,5-6,9,11,13-15H2,1-3H3/b8-4-/t18-/m0/s1. The van der Waals surface area contributed by atoms with E-state index in [4.69, 9.17) is 9.72 Å². The molecular formula is C21H30N4O2. The van der Waals surface area contributed by atoms with E-state index < -0.39 is 0 Å². The first kappa shape index (κ1) is 19.7. The van der Waals surface area contributed by atoms with Gasteiger partial charge in [-0.05, 0) is 57.9 Å². The first-order valence-corrected chi connectivity index (χ1v) is 9.73. The number of pyridine rings is 1. The summed E-state index contributed by atoms with van der Waals surface area (Å²) in [6, 6.07) is 4.48. The number of rotatable bonds is 8. The zero-order chi connectivity index (χ0) is 19.2. The van der Waals surface area contributed by atoms with Crippen LogP contribution in [0.4, 0.5) is 0 Å². The number of ether oxygens (including phenoxy) is 1. The van der Waals surface area contributed by atoms with E-state index in [1.165, 1.54) is 17.7 Å². The van der Waals surface area contributed by atoms with Gasteiger partial charge >= 0.3 is 0 Å². The molecule has 6 heteroatoms. The largest absolute Gasteiger partial charge is 0.390 e. The van der Waals surface area contributed by atoms with Crippen LogP contribution in [0.15, 0.2) is 24.4 Å². The number of aryl methyl sites for hydroxylation is 1. The Hall–Kier alpha value is -2.02. The van der Waals surface area contributed by atoms with E-state index in [9.17, 15) is 5.11 Å². The predicted octanol–water partition coefficient (Wildman–Crippen LogP) is 3.31. The summed E-state index contributed by atoms with van der Waals surface area (Å²) in [5, 5.41) is 9.99. The van der Waals surface area contributed by atoms with E-state index in [0.717, 1.165) is 30.1 Å². The third-order valence-corrected chi connectivity index (χ3v) is 5.17. The lowest BCUT2D eigenvalue weighted by molar-refractivity contribution is 0.0820. The number of aromatic nitrogens is 3. The smallest absolute Gasteiger partial charge is 0.134 e. The molecule has 1 atom stereocenters. The van der Waals surface area contributed by atoms with Crippen molar-refractivity contribution in [3.8, 4) is 0 Å². The Morgan fingerprint density at radius 1 is 1.44 bits per heavy atom. The second-order valence-corrected chi connectivity index (χ2v) is 6.94. The molecule has 0 amide bonds. The van der Waals surface area contributed by atoms with Crippen molar-refractivity contribution in [3.63, 3.8) is 0 Å². The number of imidazole rings is 1. The lowest BCUT2D eigenvalue weighted by Crippen LogP contribution is -2.29. The molecule has 0 bridgehead atoms. The number of aliphatic hydroxyl groups excluding tert-OH is 1. The highest BCUT2D eigenvalue weighted by atomic mass is 16.5. The fraction of sp³-hybridized carbons (Fsp3) is 0.524. The SMILES string of the molecule is C/C=C\c1nc(CN(C)[C@H]2CCCc3cccnc32)c(CO)n1COCC. The average molecular weight is 370 g/mol. The molecule has 0 unspecified atom stereocenters. The van der Waals surface area contributed by atoms with E-state index in [1.807, 2.05) is 42.8 Å². The van der Waals surface area contributed by atoms with Gasteiger partial charge in [-0.2, -0.15) is 0 Å². The number of aliphatic hydroxyl groups is 1. The molecule has 2 aromatic heterocycles. The highest BCUT2D eigenvalue weighted by Crippen LogP contribution is 2.33. The molecule has 146 valence electrons. The van der Waals surface area contributed by atoms with Gasteiger partial charge in [-0.25, -0.2) is 4.98 Å². The molecule has 1 aliphatic carbocycles. The third-order valence-electron chi connectivity index (χ3n) is 5.17. The highest BCUT2D eigenvalue weighted by Gasteiger charge is 2.26. The van der Waals surface area contributed by atoms with Gasteiger partial charge in [0.05, 0.1) is 29.7 Å². The summed E-state index contributed by atoms with van der Waals surface area (Å²) in [6.07, 6.45) is 9.16. The number of fused-ring (bicyclic) bond motifs is 1. The summed E-state index contributed by atoms with van der Waals surface area (Å²) in [5.74, 6) is 0.820. The minimum absolute atomic E-state index is 0.0553. The maximum absolute atomic E-state index is 9.99. The van der Waals surface area contributed by atoms with E-state index in [1.54, 1.807) is 0 Å². The van der Waals surface area contributed by atoms with Crippen LogP contribution in [0.2, 0.25) is 0 Å². The molecular weight excluding hydrogens is 340 g/mol. The summed E-state index contributed by atoms with van der Waals surface area (Å²) in [7, 11) is 2.12. The van der Waals surface area contributed by atoms with Gasteiger partial charge in [0, 0.05) is 19.3 Å². The lowest BCUT2D eigenvalue weighted by Gasteiger charge is -2.32. The molecule has 0 fully saturated rings. The molecule has 0 aromatic carbocycles. The summed E-state index contributed by atoms with van der Waals surface area (Å²) in [6.45, 7) is 5.57. The Kier molecular flexibility index (Phi) is 6.77. The van der Waals surface area contributed by atoms with Crippen molar-refractivity contribution in [1.29, 1.82) is 0 Å². The highest BCUT2D eigenvalue weighted by molar-refractivity contribution is 5.42. The predicted molar refractivity (Wildman–Crippen MR) is 106 cm³/mol. The average Bonchev–Trinajstić information content (AvgIpc) is 3.01. The minimum atomic E-state index is -0.0553. The van der Waals surface area contributed by atoms with Crippen LogP contribution in [0.3, 0.4) is 0 Å². The van der Waals surface area contributed by atoms with E-state index in [2.05, 4.69) is 23.0 Å². The topological polar surface area (TPSA) is 63.4 Å². The molecule has 0 saturated heterocycles. The van der Waals surface area contributed by atoms with Gasteiger partial charge in [0.15, 0.2) is 0 Å². The fourth-order valence-electron chi connectivity index (χ4n) is 3.82. The van der Waals surface area contributed by atoms with Gasteiger partial charge in [-0.1, -0.05) is 12.1 Å². The summed E-state index contributed by atoms with van der Waals surface area (Å²) in [5.41, 5.74) is 4.25. The van der Waals surface area contributed by atoms with Crippen LogP contribution in [0, 0.1) is 0 Å². The van der Waals surface area contributed by atoms with E-state index in [-0.39, 0.29) is 12.6 Å². The van der Waals surface area contributed by atoms with Gasteiger partial charge in [-0.15, -0.1) is 0 Å². The zero-order valence-electron chi connectivity index (χ0n) is 16.6.